The van der Waals surface area contributed by atoms with Crippen molar-refractivity contribution in [3.63, 3.8) is 0 Å². The second-order valence-electron chi connectivity index (χ2n) is 4.90. The zero-order valence-corrected chi connectivity index (χ0v) is 11.6. The molecule has 0 radical (unpaired) electrons. The topological polar surface area (TPSA) is 42.7 Å². The fraction of sp³-hybridized carbons (Fsp3) is 0.846. The first kappa shape index (κ1) is 14.2. The van der Waals surface area contributed by atoms with Crippen LogP contribution in [0.4, 0.5) is 0 Å². The number of likely N-dealkylation sites (N-methyl/N-ethyl adjacent to an activating group) is 1. The van der Waals surface area contributed by atoms with Gasteiger partial charge in [-0.3, -0.25) is 0 Å². The second-order valence-corrected chi connectivity index (χ2v) is 4.90. The van der Waals surface area contributed by atoms with Crippen molar-refractivity contribution >= 4 is 0 Å². The highest BCUT2D eigenvalue weighted by molar-refractivity contribution is 4.91. The van der Waals surface area contributed by atoms with Gasteiger partial charge in [0.05, 0.1) is 0 Å². The summed E-state index contributed by atoms with van der Waals surface area (Å²) in [5.41, 5.74) is 0. The van der Waals surface area contributed by atoms with Crippen LogP contribution in [0.15, 0.2) is 6.33 Å². The van der Waals surface area contributed by atoms with E-state index in [1.165, 1.54) is 25.7 Å². The number of nitrogens with one attached hydrogen (secondary N) is 1. The Morgan fingerprint density at radius 2 is 2.12 bits per heavy atom. The number of aromatic nitrogens is 3. The van der Waals surface area contributed by atoms with Gasteiger partial charge in [-0.15, -0.1) is 0 Å². The monoisotopic (exact) mass is 238 g/mol. The van der Waals surface area contributed by atoms with Crippen molar-refractivity contribution in [1.29, 1.82) is 0 Å². The first-order valence-electron chi connectivity index (χ1n) is 6.74. The quantitative estimate of drug-likeness (QED) is 0.708. The maximum Gasteiger partial charge on any atom is 0.138 e. The van der Waals surface area contributed by atoms with E-state index in [9.17, 15) is 0 Å². The second kappa shape index (κ2) is 7.43. The molecule has 0 bridgehead atoms. The highest BCUT2D eigenvalue weighted by Gasteiger charge is 2.13. The summed E-state index contributed by atoms with van der Waals surface area (Å²) in [6, 6.07) is 0.906. The van der Waals surface area contributed by atoms with E-state index < -0.39 is 0 Å². The van der Waals surface area contributed by atoms with Crippen LogP contribution in [-0.4, -0.2) is 27.9 Å². The number of nitrogens with zero attached hydrogens (tertiary/aromatic N) is 3. The Labute approximate surface area is 105 Å². The van der Waals surface area contributed by atoms with Crippen LogP contribution in [0.1, 0.15) is 58.3 Å². The Bertz CT molecular complexity index is 306. The summed E-state index contributed by atoms with van der Waals surface area (Å²) in [6.07, 6.45) is 7.73. The zero-order valence-electron chi connectivity index (χ0n) is 11.6. The summed E-state index contributed by atoms with van der Waals surface area (Å²) < 4.78 is 2.02. The normalized spacial score (nSPS) is 13.2. The van der Waals surface area contributed by atoms with Gasteiger partial charge in [0.25, 0.3) is 0 Å². The van der Waals surface area contributed by atoms with Crippen LogP contribution in [0.5, 0.6) is 0 Å². The maximum absolute atomic E-state index is 4.37. The molecule has 0 amide bonds. The maximum atomic E-state index is 4.37. The third-order valence-corrected chi connectivity index (χ3v) is 3.13. The van der Waals surface area contributed by atoms with E-state index in [1.54, 1.807) is 6.33 Å². The Morgan fingerprint density at radius 3 is 2.71 bits per heavy atom. The molecule has 1 atom stereocenters. The van der Waals surface area contributed by atoms with Crippen LogP contribution < -0.4 is 5.32 Å². The van der Waals surface area contributed by atoms with E-state index in [0.29, 0.717) is 12.1 Å². The Kier molecular flexibility index (Phi) is 6.19. The summed E-state index contributed by atoms with van der Waals surface area (Å²) in [7, 11) is 2.03. The standard InChI is InChI=1S/C13H26N4/c1-5-6-7-8-12(14-4)9-13-15-10-16-17(13)11(2)3/h10-12,14H,5-9H2,1-4H3. The molecule has 0 aliphatic rings. The molecule has 0 spiro atoms. The lowest BCUT2D eigenvalue weighted by atomic mass is 10.1. The summed E-state index contributed by atoms with van der Waals surface area (Å²) in [4.78, 5) is 4.37. The molecule has 1 heterocycles. The van der Waals surface area contributed by atoms with E-state index in [4.69, 9.17) is 0 Å². The molecule has 4 heteroatoms. The summed E-state index contributed by atoms with van der Waals surface area (Å²) in [6.45, 7) is 6.52. The number of hydrogen-bond acceptors (Lipinski definition) is 3. The van der Waals surface area contributed by atoms with Gasteiger partial charge in [-0.25, -0.2) is 9.67 Å². The van der Waals surface area contributed by atoms with Gasteiger partial charge in [0.15, 0.2) is 0 Å². The minimum absolute atomic E-state index is 0.389. The number of rotatable bonds is 8. The predicted molar refractivity (Wildman–Crippen MR) is 71.1 cm³/mol. The van der Waals surface area contributed by atoms with Crippen LogP contribution >= 0.6 is 0 Å². The third-order valence-electron chi connectivity index (χ3n) is 3.13. The SMILES string of the molecule is CCCCCC(Cc1ncnn1C(C)C)NC. The molecule has 0 saturated heterocycles. The molecule has 0 aliphatic carbocycles. The molecule has 0 saturated carbocycles. The molecular weight excluding hydrogens is 212 g/mol. The molecular formula is C13H26N4. The van der Waals surface area contributed by atoms with Crippen LogP contribution in [0.3, 0.4) is 0 Å². The van der Waals surface area contributed by atoms with Gasteiger partial charge in [0.1, 0.15) is 12.2 Å². The van der Waals surface area contributed by atoms with Gasteiger partial charge < -0.3 is 5.32 Å². The number of hydrogen-bond donors (Lipinski definition) is 1. The molecule has 1 aromatic rings. The first-order valence-corrected chi connectivity index (χ1v) is 6.74. The highest BCUT2D eigenvalue weighted by atomic mass is 15.3. The molecule has 1 rings (SSSR count). The van der Waals surface area contributed by atoms with E-state index >= 15 is 0 Å². The van der Waals surface area contributed by atoms with Crippen molar-refractivity contribution < 1.29 is 0 Å². The van der Waals surface area contributed by atoms with Gasteiger partial charge in [0.2, 0.25) is 0 Å². The van der Waals surface area contributed by atoms with Crippen LogP contribution in [-0.2, 0) is 6.42 Å². The zero-order chi connectivity index (χ0) is 12.7. The summed E-state index contributed by atoms with van der Waals surface area (Å²) >= 11 is 0. The summed E-state index contributed by atoms with van der Waals surface area (Å²) in [5, 5.41) is 7.66. The smallest absolute Gasteiger partial charge is 0.138 e. The fourth-order valence-corrected chi connectivity index (χ4v) is 2.06. The molecule has 1 unspecified atom stereocenters. The third kappa shape index (κ3) is 4.46. The predicted octanol–water partition coefficient (Wildman–Crippen LogP) is 2.57. The lowest BCUT2D eigenvalue weighted by Gasteiger charge is -2.17. The average Bonchev–Trinajstić information content (AvgIpc) is 2.76. The van der Waals surface area contributed by atoms with E-state index in [1.807, 2.05) is 11.7 Å². The van der Waals surface area contributed by atoms with Gasteiger partial charge in [-0.1, -0.05) is 26.2 Å². The minimum atomic E-state index is 0.389. The van der Waals surface area contributed by atoms with Crippen molar-refractivity contribution in [2.45, 2.75) is 65.0 Å². The Hall–Kier alpha value is -0.900. The number of unbranched alkanes of at least 4 members (excludes halogenated alkanes) is 2. The van der Waals surface area contributed by atoms with Gasteiger partial charge in [0, 0.05) is 18.5 Å². The van der Waals surface area contributed by atoms with Crippen molar-refractivity contribution in [2.75, 3.05) is 7.05 Å². The largest absolute Gasteiger partial charge is 0.317 e. The van der Waals surface area contributed by atoms with E-state index in [-0.39, 0.29) is 0 Å². The van der Waals surface area contributed by atoms with E-state index in [0.717, 1.165) is 12.2 Å². The molecule has 1 N–H and O–H groups in total. The molecule has 17 heavy (non-hydrogen) atoms. The highest BCUT2D eigenvalue weighted by Crippen LogP contribution is 2.11. The molecule has 4 nitrogen and oxygen atoms in total. The van der Waals surface area contributed by atoms with Gasteiger partial charge >= 0.3 is 0 Å². The van der Waals surface area contributed by atoms with Gasteiger partial charge in [-0.05, 0) is 27.3 Å². The van der Waals surface area contributed by atoms with Crippen molar-refractivity contribution in [3.05, 3.63) is 12.2 Å². The van der Waals surface area contributed by atoms with Crippen LogP contribution in [0.25, 0.3) is 0 Å². The van der Waals surface area contributed by atoms with Crippen molar-refractivity contribution in [2.24, 2.45) is 0 Å². The summed E-state index contributed by atoms with van der Waals surface area (Å²) in [5.74, 6) is 1.09. The Balaban J connectivity index is 2.51. The average molecular weight is 238 g/mol. The van der Waals surface area contributed by atoms with E-state index in [2.05, 4.69) is 36.2 Å². The molecule has 0 aromatic carbocycles. The lowest BCUT2D eigenvalue weighted by Crippen LogP contribution is -2.29. The van der Waals surface area contributed by atoms with Crippen molar-refractivity contribution in [3.8, 4) is 0 Å². The molecule has 0 aliphatic heterocycles. The molecule has 0 fully saturated rings. The van der Waals surface area contributed by atoms with Crippen molar-refractivity contribution in [1.82, 2.24) is 20.1 Å². The minimum Gasteiger partial charge on any atom is -0.317 e. The van der Waals surface area contributed by atoms with Crippen LogP contribution in [0, 0.1) is 0 Å². The van der Waals surface area contributed by atoms with Gasteiger partial charge in [-0.2, -0.15) is 5.10 Å². The lowest BCUT2D eigenvalue weighted by molar-refractivity contribution is 0.446. The molecule has 98 valence electrons. The molecule has 1 aromatic heterocycles. The van der Waals surface area contributed by atoms with Crippen LogP contribution in [0.2, 0.25) is 0 Å². The Morgan fingerprint density at radius 1 is 1.35 bits per heavy atom. The first-order chi connectivity index (χ1) is 8.19. The fourth-order valence-electron chi connectivity index (χ4n) is 2.06.